The van der Waals surface area contributed by atoms with Crippen molar-refractivity contribution < 1.29 is 4.42 Å². The molecule has 0 saturated carbocycles. The molecule has 0 amide bonds. The fourth-order valence-electron chi connectivity index (χ4n) is 7.57. The second-order valence-corrected chi connectivity index (χ2v) is 13.9. The third-order valence-electron chi connectivity index (χ3n) is 9.85. The molecule has 0 atom stereocenters. The largest absolute Gasteiger partial charge is 0.455 e. The van der Waals surface area contributed by atoms with Crippen LogP contribution in [0.5, 0.6) is 0 Å². The molecule has 4 heterocycles. The number of hydrogen-bond donors (Lipinski definition) is 0. The lowest BCUT2D eigenvalue weighted by Crippen LogP contribution is -2.00. The predicted molar refractivity (Wildman–Crippen MR) is 211 cm³/mol. The van der Waals surface area contributed by atoms with E-state index in [2.05, 4.69) is 132 Å². The summed E-state index contributed by atoms with van der Waals surface area (Å²) in [6.45, 7) is 0. The van der Waals surface area contributed by atoms with Crippen molar-refractivity contribution in [1.82, 2.24) is 19.5 Å². The first kappa shape index (κ1) is 28.2. The number of benzene rings is 7. The molecule has 0 unspecified atom stereocenters. The Morgan fingerprint density at radius 1 is 0.471 bits per heavy atom. The molecule has 0 fully saturated rings. The monoisotopic (exact) mass is 670 g/mol. The summed E-state index contributed by atoms with van der Waals surface area (Å²) in [5.74, 6) is 1.81. The molecule has 0 aliphatic rings. The summed E-state index contributed by atoms with van der Waals surface area (Å²) in [4.78, 5) is 15.3. The molecule has 11 rings (SSSR count). The first-order chi connectivity index (χ1) is 25.3. The van der Waals surface area contributed by atoms with Crippen LogP contribution in [0.4, 0.5) is 0 Å². The van der Waals surface area contributed by atoms with Crippen LogP contribution < -0.4 is 0 Å². The molecule has 6 heteroatoms. The van der Waals surface area contributed by atoms with Crippen molar-refractivity contribution >= 4 is 75.3 Å². The van der Waals surface area contributed by atoms with Crippen molar-refractivity contribution in [3.8, 4) is 39.9 Å². The van der Waals surface area contributed by atoms with E-state index in [0.717, 1.165) is 55.3 Å². The highest BCUT2D eigenvalue weighted by molar-refractivity contribution is 7.25. The summed E-state index contributed by atoms with van der Waals surface area (Å²) in [5, 5.41) is 6.97. The second-order valence-electron chi connectivity index (χ2n) is 12.8. The molecular formula is C45H26N4OS. The van der Waals surface area contributed by atoms with E-state index in [0.29, 0.717) is 17.5 Å². The van der Waals surface area contributed by atoms with E-state index < -0.39 is 0 Å². The van der Waals surface area contributed by atoms with Crippen LogP contribution in [0.25, 0.3) is 104 Å². The van der Waals surface area contributed by atoms with Crippen LogP contribution in [-0.2, 0) is 0 Å². The van der Waals surface area contributed by atoms with Crippen LogP contribution in [0.1, 0.15) is 0 Å². The maximum atomic E-state index is 6.80. The van der Waals surface area contributed by atoms with Gasteiger partial charge in [-0.2, -0.15) is 0 Å². The Bertz CT molecular complexity index is 3140. The van der Waals surface area contributed by atoms with Gasteiger partial charge in [0.1, 0.15) is 11.2 Å². The molecule has 7 aromatic carbocycles. The van der Waals surface area contributed by atoms with Crippen LogP contribution in [0.2, 0.25) is 0 Å². The minimum atomic E-state index is 0.569. The van der Waals surface area contributed by atoms with E-state index in [1.807, 2.05) is 30.3 Å². The normalized spacial score (nSPS) is 11.9. The quantitative estimate of drug-likeness (QED) is 0.187. The summed E-state index contributed by atoms with van der Waals surface area (Å²) in [6, 6.07) is 54.9. The average Bonchev–Trinajstić information content (AvgIpc) is 3.87. The van der Waals surface area contributed by atoms with Gasteiger partial charge in [-0.1, -0.05) is 109 Å². The van der Waals surface area contributed by atoms with Gasteiger partial charge in [-0.05, 0) is 48.5 Å². The standard InChI is InChI=1S/C45H26N4OS/c1-3-12-27(13-4-1)43-46-44(28-22-23-32-31-17-8-10-21-38(31)51-39(32)26-28)48-45(47-43)35-19-11-18-34-40-37(50-42(34)35)25-24-33-30-16-7-9-20-36(30)49(41(33)40)29-14-5-2-6-15-29/h1-26H. The Morgan fingerprint density at radius 2 is 1.14 bits per heavy atom. The van der Waals surface area contributed by atoms with Gasteiger partial charge in [0.2, 0.25) is 0 Å². The molecule has 0 saturated heterocycles. The third kappa shape index (κ3) is 4.30. The lowest BCUT2D eigenvalue weighted by Gasteiger charge is -2.09. The number of aromatic nitrogens is 4. The Kier molecular flexibility index (Phi) is 6.05. The highest BCUT2D eigenvalue weighted by Crippen LogP contribution is 2.43. The number of fused-ring (bicyclic) bond motifs is 10. The molecule has 51 heavy (non-hydrogen) atoms. The number of thiophene rings is 1. The minimum absolute atomic E-state index is 0.569. The third-order valence-corrected chi connectivity index (χ3v) is 11.0. The summed E-state index contributed by atoms with van der Waals surface area (Å²) >= 11 is 1.79. The smallest absolute Gasteiger partial charge is 0.167 e. The molecule has 0 radical (unpaired) electrons. The van der Waals surface area contributed by atoms with Crippen LogP contribution in [0.15, 0.2) is 162 Å². The van der Waals surface area contributed by atoms with Crippen molar-refractivity contribution in [3.05, 3.63) is 158 Å². The molecule has 238 valence electrons. The lowest BCUT2D eigenvalue weighted by atomic mass is 10.1. The van der Waals surface area contributed by atoms with Crippen molar-refractivity contribution in [3.63, 3.8) is 0 Å². The zero-order valence-corrected chi connectivity index (χ0v) is 27.9. The summed E-state index contributed by atoms with van der Waals surface area (Å²) in [6.07, 6.45) is 0. The van der Waals surface area contributed by atoms with Crippen LogP contribution in [0, 0.1) is 0 Å². The molecule has 0 aliphatic heterocycles. The van der Waals surface area contributed by atoms with Gasteiger partial charge in [-0.25, -0.2) is 15.0 Å². The maximum absolute atomic E-state index is 6.80. The topological polar surface area (TPSA) is 56.7 Å². The summed E-state index contributed by atoms with van der Waals surface area (Å²) in [5.41, 5.74) is 7.64. The van der Waals surface area contributed by atoms with Crippen molar-refractivity contribution in [2.75, 3.05) is 0 Å². The first-order valence-electron chi connectivity index (χ1n) is 16.9. The minimum Gasteiger partial charge on any atom is -0.455 e. The lowest BCUT2D eigenvalue weighted by molar-refractivity contribution is 0.669. The molecule has 0 spiro atoms. The molecule has 0 bridgehead atoms. The van der Waals surface area contributed by atoms with Crippen LogP contribution >= 0.6 is 11.3 Å². The highest BCUT2D eigenvalue weighted by Gasteiger charge is 2.22. The van der Waals surface area contributed by atoms with Gasteiger partial charge in [0.05, 0.1) is 22.0 Å². The summed E-state index contributed by atoms with van der Waals surface area (Å²) in [7, 11) is 0. The van der Waals surface area contributed by atoms with E-state index in [9.17, 15) is 0 Å². The van der Waals surface area contributed by atoms with Gasteiger partial charge in [0.25, 0.3) is 0 Å². The molecule has 4 aromatic heterocycles. The number of para-hydroxylation sites is 3. The Morgan fingerprint density at radius 3 is 2.00 bits per heavy atom. The summed E-state index contributed by atoms with van der Waals surface area (Å²) < 4.78 is 11.6. The van der Waals surface area contributed by atoms with Gasteiger partial charge in [0.15, 0.2) is 17.5 Å². The SMILES string of the molecule is c1ccc(-c2nc(-c3ccc4c(c3)sc3ccccc34)nc(-c3cccc4c3oc3ccc5c6ccccc6n(-c6ccccc6)c5c34)n2)cc1. The van der Waals surface area contributed by atoms with Gasteiger partial charge in [-0.3, -0.25) is 0 Å². The van der Waals surface area contributed by atoms with E-state index in [1.165, 1.54) is 30.9 Å². The van der Waals surface area contributed by atoms with Crippen molar-refractivity contribution in [2.45, 2.75) is 0 Å². The fourth-order valence-corrected chi connectivity index (χ4v) is 8.71. The number of rotatable bonds is 4. The molecular weight excluding hydrogens is 645 g/mol. The predicted octanol–water partition coefficient (Wildman–Crippen LogP) is 12.2. The number of furan rings is 1. The Hall–Kier alpha value is -6.63. The first-order valence-corrected chi connectivity index (χ1v) is 17.8. The maximum Gasteiger partial charge on any atom is 0.167 e. The number of hydrogen-bond acceptors (Lipinski definition) is 5. The van der Waals surface area contributed by atoms with E-state index in [4.69, 9.17) is 19.4 Å². The average molecular weight is 671 g/mol. The highest BCUT2D eigenvalue weighted by atomic mass is 32.1. The number of nitrogens with zero attached hydrogens (tertiary/aromatic N) is 4. The molecule has 0 N–H and O–H groups in total. The zero-order chi connectivity index (χ0) is 33.5. The van der Waals surface area contributed by atoms with Crippen molar-refractivity contribution in [1.29, 1.82) is 0 Å². The second kappa shape index (κ2) is 10.9. The van der Waals surface area contributed by atoms with Gasteiger partial charge < -0.3 is 8.98 Å². The van der Waals surface area contributed by atoms with Gasteiger partial charge in [-0.15, -0.1) is 11.3 Å². The molecule has 5 nitrogen and oxygen atoms in total. The van der Waals surface area contributed by atoms with Crippen molar-refractivity contribution in [2.24, 2.45) is 0 Å². The van der Waals surface area contributed by atoms with E-state index in [1.54, 1.807) is 11.3 Å². The fraction of sp³-hybridized carbons (Fsp3) is 0. The van der Waals surface area contributed by atoms with Gasteiger partial charge in [0, 0.05) is 53.1 Å². The van der Waals surface area contributed by atoms with Gasteiger partial charge >= 0.3 is 0 Å². The van der Waals surface area contributed by atoms with Crippen LogP contribution in [0.3, 0.4) is 0 Å². The van der Waals surface area contributed by atoms with E-state index >= 15 is 0 Å². The Balaban J connectivity index is 1.18. The molecule has 11 aromatic rings. The molecule has 0 aliphatic carbocycles. The Labute approximate surface area is 295 Å². The van der Waals surface area contributed by atoms with E-state index in [-0.39, 0.29) is 0 Å². The van der Waals surface area contributed by atoms with Crippen LogP contribution in [-0.4, -0.2) is 19.5 Å². The zero-order valence-electron chi connectivity index (χ0n) is 27.1.